The van der Waals surface area contributed by atoms with Gasteiger partial charge in [-0.3, -0.25) is 4.79 Å². The maximum Gasteiger partial charge on any atom is 0.239 e. The van der Waals surface area contributed by atoms with Gasteiger partial charge in [0, 0.05) is 31.7 Å². The highest BCUT2D eigenvalue weighted by atomic mass is 16.1. The second-order valence-corrected chi connectivity index (χ2v) is 6.12. The zero-order valence-corrected chi connectivity index (χ0v) is 13.4. The van der Waals surface area contributed by atoms with E-state index >= 15 is 0 Å². The van der Waals surface area contributed by atoms with Crippen molar-refractivity contribution in [3.8, 4) is 0 Å². The number of anilines is 1. The number of carbonyl (C=O) groups excluding carboxylic acids is 1. The minimum absolute atomic E-state index is 0.336. The van der Waals surface area contributed by atoms with Crippen LogP contribution in [-0.2, 0) is 4.79 Å². The van der Waals surface area contributed by atoms with Gasteiger partial charge < -0.3 is 16.0 Å². The summed E-state index contributed by atoms with van der Waals surface area (Å²) < 4.78 is 0. The second-order valence-electron chi connectivity index (χ2n) is 6.12. The molecule has 1 amide bonds. The van der Waals surface area contributed by atoms with Gasteiger partial charge in [0.1, 0.15) is 6.04 Å². The lowest BCUT2D eigenvalue weighted by atomic mass is 9.89. The largest absolute Gasteiger partial charge is 0.374 e. The van der Waals surface area contributed by atoms with Crippen LogP contribution in [0.25, 0.3) is 0 Å². The molecule has 0 bridgehead atoms. The Labute approximate surface area is 137 Å². The van der Waals surface area contributed by atoms with Crippen molar-refractivity contribution in [3.05, 3.63) is 65.7 Å². The first-order valence-electron chi connectivity index (χ1n) is 8.04. The molecule has 1 aliphatic rings. The minimum atomic E-state index is -0.442. The predicted molar refractivity (Wildman–Crippen MR) is 93.5 cm³/mol. The molecule has 2 unspecified atom stereocenters. The van der Waals surface area contributed by atoms with Gasteiger partial charge in [0.25, 0.3) is 0 Å². The lowest BCUT2D eigenvalue weighted by Crippen LogP contribution is -2.38. The molecule has 0 spiro atoms. The molecule has 0 saturated heterocycles. The van der Waals surface area contributed by atoms with Crippen molar-refractivity contribution in [2.75, 3.05) is 25.0 Å². The van der Waals surface area contributed by atoms with Crippen molar-refractivity contribution >= 4 is 11.6 Å². The van der Waals surface area contributed by atoms with Crippen molar-refractivity contribution in [1.82, 2.24) is 5.32 Å². The molecule has 4 heteroatoms. The van der Waals surface area contributed by atoms with Crippen LogP contribution in [0.3, 0.4) is 0 Å². The number of fused-ring (bicyclic) bond motifs is 1. The topological polar surface area (TPSA) is 58.4 Å². The van der Waals surface area contributed by atoms with Gasteiger partial charge in [0.05, 0.1) is 0 Å². The van der Waals surface area contributed by atoms with Gasteiger partial charge in [0.15, 0.2) is 0 Å². The van der Waals surface area contributed by atoms with Crippen molar-refractivity contribution in [1.29, 1.82) is 0 Å². The van der Waals surface area contributed by atoms with E-state index in [4.69, 9.17) is 5.73 Å². The highest BCUT2D eigenvalue weighted by molar-refractivity contribution is 5.81. The molecule has 1 aliphatic heterocycles. The van der Waals surface area contributed by atoms with Crippen LogP contribution in [-0.4, -0.2) is 26.0 Å². The number of nitrogens with two attached hydrogens (primary N) is 1. The van der Waals surface area contributed by atoms with Crippen LogP contribution in [0.15, 0.2) is 54.6 Å². The van der Waals surface area contributed by atoms with Crippen molar-refractivity contribution in [3.63, 3.8) is 0 Å². The monoisotopic (exact) mass is 309 g/mol. The predicted octanol–water partition coefficient (Wildman–Crippen LogP) is 2.43. The maximum atomic E-state index is 11.8. The molecule has 0 saturated carbocycles. The molecule has 0 aliphatic carbocycles. The van der Waals surface area contributed by atoms with Crippen LogP contribution in [0.5, 0.6) is 0 Å². The SMILES string of the molecule is CN1CCC(CNC(C(N)=O)c2ccccc2)c2ccccc21. The van der Waals surface area contributed by atoms with E-state index in [2.05, 4.69) is 41.5 Å². The zero-order chi connectivity index (χ0) is 16.2. The van der Waals surface area contributed by atoms with Gasteiger partial charge >= 0.3 is 0 Å². The quantitative estimate of drug-likeness (QED) is 0.892. The van der Waals surface area contributed by atoms with Gasteiger partial charge in [-0.25, -0.2) is 0 Å². The zero-order valence-electron chi connectivity index (χ0n) is 13.4. The van der Waals surface area contributed by atoms with E-state index < -0.39 is 6.04 Å². The van der Waals surface area contributed by atoms with Gasteiger partial charge in [-0.05, 0) is 23.6 Å². The third kappa shape index (κ3) is 3.37. The Kier molecular flexibility index (Phi) is 4.63. The normalized spacial score (nSPS) is 18.3. The summed E-state index contributed by atoms with van der Waals surface area (Å²) in [6, 6.07) is 17.7. The Morgan fingerprint density at radius 3 is 2.65 bits per heavy atom. The van der Waals surface area contributed by atoms with Gasteiger partial charge in [-0.2, -0.15) is 0 Å². The van der Waals surface area contributed by atoms with Gasteiger partial charge in [0.2, 0.25) is 5.91 Å². The first kappa shape index (κ1) is 15.6. The van der Waals surface area contributed by atoms with Gasteiger partial charge in [-0.15, -0.1) is 0 Å². The van der Waals surface area contributed by atoms with E-state index in [1.807, 2.05) is 30.3 Å². The second kappa shape index (κ2) is 6.84. The molecule has 2 atom stereocenters. The summed E-state index contributed by atoms with van der Waals surface area (Å²) in [6.07, 6.45) is 1.07. The minimum Gasteiger partial charge on any atom is -0.374 e. The number of nitrogens with one attached hydrogen (secondary N) is 1. The van der Waals surface area contributed by atoms with E-state index in [9.17, 15) is 4.79 Å². The van der Waals surface area contributed by atoms with E-state index in [1.165, 1.54) is 11.3 Å². The maximum absolute atomic E-state index is 11.8. The number of benzene rings is 2. The third-order valence-electron chi connectivity index (χ3n) is 4.59. The molecule has 3 N–H and O–H groups in total. The molecular weight excluding hydrogens is 286 g/mol. The lowest BCUT2D eigenvalue weighted by molar-refractivity contribution is -0.120. The summed E-state index contributed by atoms with van der Waals surface area (Å²) >= 11 is 0. The van der Waals surface area contributed by atoms with Crippen LogP contribution in [0.4, 0.5) is 5.69 Å². The van der Waals surface area contributed by atoms with Crippen LogP contribution in [0.2, 0.25) is 0 Å². The fraction of sp³-hybridized carbons (Fsp3) is 0.316. The summed E-state index contributed by atoms with van der Waals surface area (Å²) in [5.41, 5.74) is 9.13. The molecule has 0 radical (unpaired) electrons. The number of hydrogen-bond acceptors (Lipinski definition) is 3. The Morgan fingerprint density at radius 1 is 1.22 bits per heavy atom. The molecule has 3 rings (SSSR count). The molecular formula is C19H23N3O. The molecule has 0 aromatic heterocycles. The number of nitrogens with zero attached hydrogens (tertiary/aromatic N) is 1. The third-order valence-corrected chi connectivity index (χ3v) is 4.59. The average Bonchev–Trinajstić information content (AvgIpc) is 2.58. The van der Waals surface area contributed by atoms with Crippen LogP contribution in [0.1, 0.15) is 29.5 Å². The Bertz CT molecular complexity index is 671. The summed E-state index contributed by atoms with van der Waals surface area (Å²) in [7, 11) is 2.12. The number of primary amides is 1. The number of carbonyl (C=O) groups is 1. The van der Waals surface area contributed by atoms with E-state index in [-0.39, 0.29) is 5.91 Å². The van der Waals surface area contributed by atoms with Crippen molar-refractivity contribution < 1.29 is 4.79 Å². The number of amides is 1. The van der Waals surface area contributed by atoms with Crippen molar-refractivity contribution in [2.45, 2.75) is 18.4 Å². The first-order chi connectivity index (χ1) is 11.2. The summed E-state index contributed by atoms with van der Waals surface area (Å²) in [4.78, 5) is 14.1. The Morgan fingerprint density at radius 2 is 1.91 bits per heavy atom. The molecule has 4 nitrogen and oxygen atoms in total. The fourth-order valence-electron chi connectivity index (χ4n) is 3.31. The standard InChI is InChI=1S/C19H23N3O/c1-22-12-11-15(16-9-5-6-10-17(16)22)13-21-18(19(20)23)14-7-3-2-4-8-14/h2-10,15,18,21H,11-13H2,1H3,(H2,20,23). The molecule has 120 valence electrons. The Balaban J connectivity index is 1.75. The number of rotatable bonds is 5. The van der Waals surface area contributed by atoms with E-state index in [0.29, 0.717) is 5.92 Å². The lowest BCUT2D eigenvalue weighted by Gasteiger charge is -2.34. The molecule has 2 aromatic carbocycles. The molecule has 1 heterocycles. The van der Waals surface area contributed by atoms with E-state index in [1.54, 1.807) is 0 Å². The number of para-hydroxylation sites is 1. The Hall–Kier alpha value is -2.33. The number of hydrogen-bond donors (Lipinski definition) is 2. The first-order valence-corrected chi connectivity index (χ1v) is 8.04. The molecule has 2 aromatic rings. The van der Waals surface area contributed by atoms with Crippen LogP contribution < -0.4 is 16.0 Å². The fourth-order valence-corrected chi connectivity index (χ4v) is 3.31. The van der Waals surface area contributed by atoms with E-state index in [0.717, 1.165) is 25.1 Å². The summed E-state index contributed by atoms with van der Waals surface area (Å²) in [5.74, 6) is 0.0605. The van der Waals surface area contributed by atoms with Gasteiger partial charge in [-0.1, -0.05) is 48.5 Å². The van der Waals surface area contributed by atoms with Crippen molar-refractivity contribution in [2.24, 2.45) is 5.73 Å². The summed E-state index contributed by atoms with van der Waals surface area (Å²) in [6.45, 7) is 1.77. The van der Waals surface area contributed by atoms with Crippen LogP contribution in [0, 0.1) is 0 Å². The average molecular weight is 309 g/mol. The smallest absolute Gasteiger partial charge is 0.239 e. The molecule has 23 heavy (non-hydrogen) atoms. The highest BCUT2D eigenvalue weighted by Gasteiger charge is 2.25. The summed E-state index contributed by atoms with van der Waals surface area (Å²) in [5, 5.41) is 3.37. The van der Waals surface area contributed by atoms with Crippen LogP contribution >= 0.6 is 0 Å². The molecule has 0 fully saturated rings. The highest BCUT2D eigenvalue weighted by Crippen LogP contribution is 2.34.